The van der Waals surface area contributed by atoms with Crippen molar-refractivity contribution < 1.29 is 9.90 Å². The van der Waals surface area contributed by atoms with E-state index in [1.807, 2.05) is 0 Å². The van der Waals surface area contributed by atoms with Crippen LogP contribution in [0.2, 0.25) is 10.0 Å². The fraction of sp³-hybridized carbons (Fsp3) is 0.500. The van der Waals surface area contributed by atoms with Crippen molar-refractivity contribution in [2.24, 2.45) is 0 Å². The van der Waals surface area contributed by atoms with Crippen molar-refractivity contribution in [2.45, 2.75) is 44.2 Å². The molecule has 0 aromatic heterocycles. The first-order chi connectivity index (χ1) is 8.93. The zero-order valence-corrected chi connectivity index (χ0v) is 12.3. The predicted octanol–water partition coefficient (Wildman–Crippen LogP) is 3.83. The number of hydrogen-bond donors (Lipinski definition) is 2. The number of hydrogen-bond acceptors (Lipinski definition) is 2. The van der Waals surface area contributed by atoms with Crippen molar-refractivity contribution >= 4 is 29.2 Å². The van der Waals surface area contributed by atoms with Gasteiger partial charge in [0.1, 0.15) is 5.54 Å². The van der Waals surface area contributed by atoms with E-state index >= 15 is 0 Å². The molecule has 19 heavy (non-hydrogen) atoms. The van der Waals surface area contributed by atoms with E-state index in [-0.39, 0.29) is 6.04 Å². The van der Waals surface area contributed by atoms with Gasteiger partial charge in [-0.1, -0.05) is 42.1 Å². The third kappa shape index (κ3) is 3.04. The Labute approximate surface area is 122 Å². The van der Waals surface area contributed by atoms with Gasteiger partial charge in [-0.2, -0.15) is 0 Å². The lowest BCUT2D eigenvalue weighted by molar-refractivity contribution is -0.145. The number of nitrogens with one attached hydrogen (secondary N) is 1. The van der Waals surface area contributed by atoms with Crippen molar-refractivity contribution in [1.82, 2.24) is 5.32 Å². The maximum atomic E-state index is 11.7. The molecule has 0 radical (unpaired) electrons. The van der Waals surface area contributed by atoms with Crippen LogP contribution in [-0.4, -0.2) is 17.1 Å². The summed E-state index contributed by atoms with van der Waals surface area (Å²) in [5, 5.41) is 13.6. The Morgan fingerprint density at radius 3 is 2.47 bits per heavy atom. The van der Waals surface area contributed by atoms with Crippen LogP contribution in [-0.2, 0) is 10.3 Å². The summed E-state index contributed by atoms with van der Waals surface area (Å²) < 4.78 is 0. The highest BCUT2D eigenvalue weighted by atomic mass is 35.5. The molecular weight excluding hydrogens is 285 g/mol. The largest absolute Gasteiger partial charge is 0.480 e. The molecule has 0 heterocycles. The summed E-state index contributed by atoms with van der Waals surface area (Å²) in [6, 6.07) is 5.22. The molecule has 2 N–H and O–H groups in total. The van der Waals surface area contributed by atoms with Gasteiger partial charge in [-0.3, -0.25) is 5.32 Å². The standard InChI is InChI=1S/C14H17Cl2NO2/c1-14(13(18)19,17-10-4-2-3-5-10)9-6-7-11(15)12(16)8-9/h6-8,10,17H,2-5H2,1H3,(H,18,19). The number of aliphatic carboxylic acids is 1. The van der Waals surface area contributed by atoms with Crippen LogP contribution in [0.15, 0.2) is 18.2 Å². The minimum atomic E-state index is -1.14. The van der Waals surface area contributed by atoms with Gasteiger partial charge in [0.15, 0.2) is 0 Å². The Hall–Kier alpha value is -0.770. The summed E-state index contributed by atoms with van der Waals surface area (Å²) in [6.07, 6.45) is 4.33. The van der Waals surface area contributed by atoms with Crippen LogP contribution in [0, 0.1) is 0 Å². The average molecular weight is 302 g/mol. The molecule has 1 aliphatic carbocycles. The molecule has 2 rings (SSSR count). The molecule has 1 unspecified atom stereocenters. The fourth-order valence-electron chi connectivity index (χ4n) is 2.55. The highest BCUT2D eigenvalue weighted by Gasteiger charge is 2.38. The number of rotatable bonds is 4. The molecule has 104 valence electrons. The van der Waals surface area contributed by atoms with Gasteiger partial charge in [-0.05, 0) is 37.5 Å². The van der Waals surface area contributed by atoms with Crippen LogP contribution in [0.4, 0.5) is 0 Å². The number of carbonyl (C=O) groups is 1. The summed E-state index contributed by atoms with van der Waals surface area (Å²) in [5.41, 5.74) is -0.509. The highest BCUT2D eigenvalue weighted by Crippen LogP contribution is 2.31. The van der Waals surface area contributed by atoms with E-state index in [1.165, 1.54) is 0 Å². The molecule has 0 saturated heterocycles. The van der Waals surface area contributed by atoms with Crippen molar-refractivity contribution in [2.75, 3.05) is 0 Å². The monoisotopic (exact) mass is 301 g/mol. The molecule has 0 aliphatic heterocycles. The maximum absolute atomic E-state index is 11.7. The molecule has 5 heteroatoms. The summed E-state index contributed by atoms with van der Waals surface area (Å²) >= 11 is 11.9. The molecule has 0 amide bonds. The molecule has 1 aliphatic rings. The van der Waals surface area contributed by atoms with Gasteiger partial charge in [0.05, 0.1) is 10.0 Å². The first kappa shape index (κ1) is 14.6. The fourth-order valence-corrected chi connectivity index (χ4v) is 2.85. The van der Waals surface area contributed by atoms with Crippen LogP contribution in [0.3, 0.4) is 0 Å². The van der Waals surface area contributed by atoms with Crippen molar-refractivity contribution in [1.29, 1.82) is 0 Å². The van der Waals surface area contributed by atoms with Crippen LogP contribution in [0.25, 0.3) is 0 Å². The number of carboxylic acids is 1. The maximum Gasteiger partial charge on any atom is 0.328 e. The lowest BCUT2D eigenvalue weighted by atomic mass is 9.91. The molecule has 1 aromatic carbocycles. The van der Waals surface area contributed by atoms with Gasteiger partial charge in [-0.25, -0.2) is 4.79 Å². The van der Waals surface area contributed by atoms with E-state index in [4.69, 9.17) is 23.2 Å². The number of benzene rings is 1. The van der Waals surface area contributed by atoms with Crippen LogP contribution in [0.1, 0.15) is 38.2 Å². The molecule has 1 atom stereocenters. The van der Waals surface area contributed by atoms with E-state index in [2.05, 4.69) is 5.32 Å². The first-order valence-electron chi connectivity index (χ1n) is 6.40. The Balaban J connectivity index is 2.31. The van der Waals surface area contributed by atoms with Crippen LogP contribution < -0.4 is 5.32 Å². The molecule has 1 saturated carbocycles. The summed E-state index contributed by atoms with van der Waals surface area (Å²) in [7, 11) is 0. The highest BCUT2D eigenvalue weighted by molar-refractivity contribution is 6.42. The second-order valence-corrected chi connectivity index (χ2v) is 6.00. The average Bonchev–Trinajstić information content (AvgIpc) is 2.85. The SMILES string of the molecule is CC(NC1CCCC1)(C(=O)O)c1ccc(Cl)c(Cl)c1. The molecule has 0 bridgehead atoms. The van der Waals surface area contributed by atoms with E-state index in [0.717, 1.165) is 25.7 Å². The van der Waals surface area contributed by atoms with Gasteiger partial charge in [0.2, 0.25) is 0 Å². The molecule has 3 nitrogen and oxygen atoms in total. The van der Waals surface area contributed by atoms with Crippen molar-refractivity contribution in [3.63, 3.8) is 0 Å². The second-order valence-electron chi connectivity index (χ2n) is 5.18. The minimum Gasteiger partial charge on any atom is -0.480 e. The zero-order chi connectivity index (χ0) is 14.0. The van der Waals surface area contributed by atoms with Gasteiger partial charge in [0, 0.05) is 6.04 Å². The molecular formula is C14H17Cl2NO2. The lowest BCUT2D eigenvalue weighted by Gasteiger charge is -2.30. The summed E-state index contributed by atoms with van der Waals surface area (Å²) in [5.74, 6) is -0.905. The van der Waals surface area contributed by atoms with Crippen molar-refractivity contribution in [3.8, 4) is 0 Å². The van der Waals surface area contributed by atoms with Crippen molar-refractivity contribution in [3.05, 3.63) is 33.8 Å². The van der Waals surface area contributed by atoms with Gasteiger partial charge >= 0.3 is 5.97 Å². The quantitative estimate of drug-likeness (QED) is 0.889. The van der Waals surface area contributed by atoms with Crippen LogP contribution in [0.5, 0.6) is 0 Å². The van der Waals surface area contributed by atoms with E-state index in [1.54, 1.807) is 25.1 Å². The topological polar surface area (TPSA) is 49.3 Å². The normalized spacial score (nSPS) is 19.3. The Morgan fingerprint density at radius 2 is 1.95 bits per heavy atom. The third-order valence-electron chi connectivity index (χ3n) is 3.77. The minimum absolute atomic E-state index is 0.246. The van der Waals surface area contributed by atoms with Crippen LogP contribution >= 0.6 is 23.2 Å². The number of halogens is 2. The van der Waals surface area contributed by atoms with E-state index < -0.39 is 11.5 Å². The Morgan fingerprint density at radius 1 is 1.32 bits per heavy atom. The molecule has 0 spiro atoms. The smallest absolute Gasteiger partial charge is 0.328 e. The van der Waals surface area contributed by atoms with Gasteiger partial charge in [0.25, 0.3) is 0 Å². The second kappa shape index (κ2) is 5.70. The summed E-state index contributed by atoms with van der Waals surface area (Å²) in [4.78, 5) is 11.7. The first-order valence-corrected chi connectivity index (χ1v) is 7.15. The van der Waals surface area contributed by atoms with E-state index in [0.29, 0.717) is 15.6 Å². The zero-order valence-electron chi connectivity index (χ0n) is 10.7. The van der Waals surface area contributed by atoms with Gasteiger partial charge < -0.3 is 5.11 Å². The van der Waals surface area contributed by atoms with Gasteiger partial charge in [-0.15, -0.1) is 0 Å². The Bertz CT molecular complexity index is 486. The molecule has 1 aromatic rings. The Kier molecular flexibility index (Phi) is 4.39. The predicted molar refractivity (Wildman–Crippen MR) is 76.8 cm³/mol. The molecule has 1 fully saturated rings. The lowest BCUT2D eigenvalue weighted by Crippen LogP contribution is -2.50. The van der Waals surface area contributed by atoms with E-state index in [9.17, 15) is 9.90 Å². The third-order valence-corrected chi connectivity index (χ3v) is 4.51. The number of carboxylic acid groups (broad SMARTS) is 1. The summed E-state index contributed by atoms with van der Waals surface area (Å²) in [6.45, 7) is 1.67.